The van der Waals surface area contributed by atoms with E-state index in [2.05, 4.69) is 17.3 Å². The Morgan fingerprint density at radius 3 is 2.32 bits per heavy atom. The molecule has 3 rings (SSSR count). The first-order chi connectivity index (χ1) is 17.4. The van der Waals surface area contributed by atoms with Crippen molar-refractivity contribution in [2.45, 2.75) is 84.3 Å². The van der Waals surface area contributed by atoms with Gasteiger partial charge < -0.3 is 10.4 Å². The molecule has 1 saturated carbocycles. The van der Waals surface area contributed by atoms with E-state index in [0.29, 0.717) is 24.8 Å². The molecule has 1 amide bonds. The summed E-state index contributed by atoms with van der Waals surface area (Å²) in [7, 11) is 0. The van der Waals surface area contributed by atoms with Gasteiger partial charge in [0.05, 0.1) is 27.3 Å². The minimum Gasteiger partial charge on any atom is -0.388 e. The van der Waals surface area contributed by atoms with Gasteiger partial charge in [-0.15, -0.1) is 0 Å². The second-order valence-corrected chi connectivity index (χ2v) is 11.2. The molecule has 2 N–H and O–H groups in total. The predicted molar refractivity (Wildman–Crippen MR) is 132 cm³/mol. The molecule has 0 bridgehead atoms. The molecular weight excluding hydrogens is 536 g/mol. The molecule has 0 saturated heterocycles. The smallest absolute Gasteiger partial charge is 0.388 e. The number of carbonyl (C=O) groups is 1. The van der Waals surface area contributed by atoms with Crippen molar-refractivity contribution in [2.75, 3.05) is 6.54 Å². The fraction of sp³-hybridized carbons (Fsp3) is 0.615. The number of aryl methyl sites for hydroxylation is 1. The van der Waals surface area contributed by atoms with E-state index >= 15 is 0 Å². The van der Waals surface area contributed by atoms with Crippen molar-refractivity contribution in [3.8, 4) is 11.3 Å². The van der Waals surface area contributed by atoms with Crippen molar-refractivity contribution >= 4 is 17.5 Å². The van der Waals surface area contributed by atoms with Gasteiger partial charge in [-0.3, -0.25) is 9.48 Å². The van der Waals surface area contributed by atoms with Gasteiger partial charge in [0.1, 0.15) is 0 Å². The maximum atomic E-state index is 14.1. The minimum absolute atomic E-state index is 0.0549. The van der Waals surface area contributed by atoms with E-state index in [0.717, 1.165) is 37.4 Å². The van der Waals surface area contributed by atoms with Crippen molar-refractivity contribution < 1.29 is 36.2 Å². The maximum absolute atomic E-state index is 14.1. The predicted octanol–water partition coefficient (Wildman–Crippen LogP) is 7.04. The van der Waals surface area contributed by atoms with Gasteiger partial charge >= 0.3 is 12.4 Å². The van der Waals surface area contributed by atoms with Gasteiger partial charge in [0.15, 0.2) is 5.69 Å². The number of carbonyl (C=O) groups excluding carboxylic acids is 1. The summed E-state index contributed by atoms with van der Waals surface area (Å²) in [5.41, 5.74) is -5.52. The first-order valence-corrected chi connectivity index (χ1v) is 12.8. The van der Waals surface area contributed by atoms with Crippen LogP contribution in [0.15, 0.2) is 18.2 Å². The molecule has 1 aliphatic carbocycles. The standard InChI is InChI=1S/C26H32ClF6N3O2/c1-5-36-21(19(27)20(35-36)22(37)34-14-24(38)10-8-15(2)9-11-24)17-7-6-16(12-18(17)25(28,29)30)13-23(3,4)26(31,32)33/h6-7,12,15,38H,5,8-11,13-14H2,1-4H3,(H,34,37). The van der Waals surface area contributed by atoms with Crippen LogP contribution in [0.1, 0.15) is 75.0 Å². The monoisotopic (exact) mass is 567 g/mol. The molecule has 0 atom stereocenters. The van der Waals surface area contributed by atoms with Crippen molar-refractivity contribution in [1.29, 1.82) is 0 Å². The molecule has 212 valence electrons. The van der Waals surface area contributed by atoms with Crippen LogP contribution < -0.4 is 5.32 Å². The summed E-state index contributed by atoms with van der Waals surface area (Å²) >= 11 is 6.42. The Kier molecular flexibility index (Phi) is 8.54. The summed E-state index contributed by atoms with van der Waals surface area (Å²) in [5, 5.41) is 17.1. The van der Waals surface area contributed by atoms with Gasteiger partial charge in [-0.25, -0.2) is 0 Å². The van der Waals surface area contributed by atoms with Crippen LogP contribution in [0.3, 0.4) is 0 Å². The third-order valence-electron chi connectivity index (χ3n) is 7.25. The summed E-state index contributed by atoms with van der Waals surface area (Å²) in [6, 6.07) is 2.94. The van der Waals surface area contributed by atoms with Crippen LogP contribution in [0, 0.1) is 11.3 Å². The van der Waals surface area contributed by atoms with Gasteiger partial charge in [0, 0.05) is 18.7 Å². The number of aromatic nitrogens is 2. The van der Waals surface area contributed by atoms with E-state index in [1.54, 1.807) is 6.92 Å². The maximum Gasteiger partial charge on any atom is 0.417 e. The summed E-state index contributed by atoms with van der Waals surface area (Å²) in [5.74, 6) is -0.274. The lowest BCUT2D eigenvalue weighted by molar-refractivity contribution is -0.211. The molecule has 38 heavy (non-hydrogen) atoms. The molecule has 1 aromatic heterocycles. The molecule has 5 nitrogen and oxygen atoms in total. The second-order valence-electron chi connectivity index (χ2n) is 10.9. The van der Waals surface area contributed by atoms with Gasteiger partial charge in [0.2, 0.25) is 0 Å². The third-order valence-corrected chi connectivity index (χ3v) is 7.61. The zero-order valence-corrected chi connectivity index (χ0v) is 22.4. The fourth-order valence-corrected chi connectivity index (χ4v) is 4.95. The average Bonchev–Trinajstić information content (AvgIpc) is 3.14. The minimum atomic E-state index is -4.91. The molecule has 2 aromatic rings. The number of benzene rings is 1. The van der Waals surface area contributed by atoms with E-state index in [1.807, 2.05) is 0 Å². The molecule has 12 heteroatoms. The molecule has 1 fully saturated rings. The van der Waals surface area contributed by atoms with Gasteiger partial charge in [-0.2, -0.15) is 31.4 Å². The van der Waals surface area contributed by atoms with E-state index in [-0.39, 0.29) is 35.1 Å². The zero-order valence-electron chi connectivity index (χ0n) is 21.7. The van der Waals surface area contributed by atoms with Crippen LogP contribution in [0.2, 0.25) is 5.02 Å². The van der Waals surface area contributed by atoms with Crippen LogP contribution in [0.25, 0.3) is 11.3 Å². The normalized spacial score (nSPS) is 21.0. The first-order valence-electron chi connectivity index (χ1n) is 12.4. The summed E-state index contributed by atoms with van der Waals surface area (Å²) < 4.78 is 83.5. The molecular formula is C26H32ClF6N3O2. The highest BCUT2D eigenvalue weighted by Crippen LogP contribution is 2.44. The van der Waals surface area contributed by atoms with Crippen molar-refractivity contribution in [3.05, 3.63) is 40.0 Å². The van der Waals surface area contributed by atoms with E-state index < -0.39 is 46.8 Å². The fourth-order valence-electron chi connectivity index (χ4n) is 4.63. The zero-order chi connectivity index (χ0) is 28.7. The number of alkyl halides is 6. The Hall–Kier alpha value is -2.27. The average molecular weight is 568 g/mol. The Labute approximate surface area is 222 Å². The van der Waals surface area contributed by atoms with Crippen LogP contribution in [-0.4, -0.2) is 39.1 Å². The van der Waals surface area contributed by atoms with E-state index in [9.17, 15) is 36.2 Å². The topological polar surface area (TPSA) is 67.2 Å². The molecule has 1 aromatic carbocycles. The summed E-state index contributed by atoms with van der Waals surface area (Å²) in [4.78, 5) is 12.9. The second kappa shape index (κ2) is 10.7. The van der Waals surface area contributed by atoms with E-state index in [1.165, 1.54) is 6.07 Å². The highest BCUT2D eigenvalue weighted by atomic mass is 35.5. The molecule has 1 aliphatic rings. The van der Waals surface area contributed by atoms with Crippen LogP contribution in [0.5, 0.6) is 0 Å². The molecule has 1 heterocycles. The van der Waals surface area contributed by atoms with Crippen molar-refractivity contribution in [1.82, 2.24) is 15.1 Å². The number of nitrogens with zero attached hydrogens (tertiary/aromatic N) is 2. The molecule has 0 aliphatic heterocycles. The van der Waals surface area contributed by atoms with Crippen molar-refractivity contribution in [3.63, 3.8) is 0 Å². The van der Waals surface area contributed by atoms with Crippen LogP contribution in [-0.2, 0) is 19.1 Å². The lowest BCUT2D eigenvalue weighted by Crippen LogP contribution is -2.45. The Morgan fingerprint density at radius 1 is 1.18 bits per heavy atom. The quantitative estimate of drug-likeness (QED) is 0.353. The largest absolute Gasteiger partial charge is 0.417 e. The lowest BCUT2D eigenvalue weighted by atomic mass is 9.79. The number of nitrogens with one attached hydrogen (secondary N) is 1. The summed E-state index contributed by atoms with van der Waals surface area (Å²) in [6.07, 6.45) is -7.57. The number of hydrogen-bond acceptors (Lipinski definition) is 3. The first kappa shape index (κ1) is 30.3. The number of amides is 1. The molecule has 0 unspecified atom stereocenters. The van der Waals surface area contributed by atoms with Gasteiger partial charge in [0.25, 0.3) is 5.91 Å². The molecule has 0 radical (unpaired) electrons. The highest BCUT2D eigenvalue weighted by molar-refractivity contribution is 6.36. The molecule has 0 spiro atoms. The Bertz CT molecular complexity index is 1160. The number of halogens is 7. The Balaban J connectivity index is 1.97. The summed E-state index contributed by atoms with van der Waals surface area (Å²) in [6.45, 7) is 5.55. The van der Waals surface area contributed by atoms with Crippen LogP contribution in [0.4, 0.5) is 26.3 Å². The van der Waals surface area contributed by atoms with Gasteiger partial charge in [-0.05, 0) is 56.6 Å². The SMILES string of the molecule is CCn1nc(C(=O)NCC2(O)CCC(C)CC2)c(Cl)c1-c1ccc(CC(C)(C)C(F)(F)F)cc1C(F)(F)F. The Morgan fingerprint density at radius 2 is 1.79 bits per heavy atom. The number of hydrogen-bond donors (Lipinski definition) is 2. The van der Waals surface area contributed by atoms with E-state index in [4.69, 9.17) is 11.6 Å². The number of aliphatic hydroxyl groups is 1. The van der Waals surface area contributed by atoms with Crippen molar-refractivity contribution in [2.24, 2.45) is 11.3 Å². The lowest BCUT2D eigenvalue weighted by Gasteiger charge is -2.34. The van der Waals surface area contributed by atoms with Gasteiger partial charge in [-0.1, -0.05) is 44.5 Å². The van der Waals surface area contributed by atoms with Crippen LogP contribution >= 0.6 is 11.6 Å². The number of rotatable bonds is 7. The third kappa shape index (κ3) is 6.47. The highest BCUT2D eigenvalue weighted by Gasteiger charge is 2.47.